The minimum Gasteiger partial charge on any atom is -0.312 e. The molecule has 0 bridgehead atoms. The number of amides is 1. The maximum absolute atomic E-state index is 11.9. The highest BCUT2D eigenvalue weighted by molar-refractivity contribution is 9.09. The lowest BCUT2D eigenvalue weighted by atomic mass is 10.1. The number of alkyl halides is 1. The molecule has 1 amide bonds. The number of rotatable bonds is 4. The van der Waals surface area contributed by atoms with Gasteiger partial charge in [-0.05, 0) is 36.5 Å². The molecule has 0 aromatic heterocycles. The number of aryl methyl sites for hydroxylation is 1. The summed E-state index contributed by atoms with van der Waals surface area (Å²) in [5.74, 6) is 0.263. The highest BCUT2D eigenvalue weighted by Crippen LogP contribution is 2.29. The zero-order valence-corrected chi connectivity index (χ0v) is 11.8. The van der Waals surface area contributed by atoms with E-state index in [-0.39, 0.29) is 5.91 Å². The van der Waals surface area contributed by atoms with E-state index < -0.39 is 0 Å². The molecule has 0 atom stereocenters. The topological polar surface area (TPSA) is 20.3 Å². The maximum atomic E-state index is 11.9. The molecule has 0 N–H and O–H groups in total. The predicted molar refractivity (Wildman–Crippen MR) is 74.9 cm³/mol. The SMILES string of the molecule is CCCC(=O)N1CCc2cc(CCBr)ccc21. The van der Waals surface area contributed by atoms with E-state index in [9.17, 15) is 4.79 Å². The van der Waals surface area contributed by atoms with Crippen molar-refractivity contribution >= 4 is 27.5 Å². The molecular formula is C14H18BrNO. The Balaban J connectivity index is 2.18. The lowest BCUT2D eigenvalue weighted by Gasteiger charge is -2.17. The number of carbonyl (C=O) groups excluding carboxylic acids is 1. The Hall–Kier alpha value is -0.830. The molecular weight excluding hydrogens is 278 g/mol. The molecule has 0 saturated carbocycles. The van der Waals surface area contributed by atoms with Crippen LogP contribution in [0.4, 0.5) is 5.69 Å². The van der Waals surface area contributed by atoms with Gasteiger partial charge >= 0.3 is 0 Å². The van der Waals surface area contributed by atoms with Crippen molar-refractivity contribution in [2.24, 2.45) is 0 Å². The molecule has 92 valence electrons. The van der Waals surface area contributed by atoms with E-state index >= 15 is 0 Å². The molecule has 0 fully saturated rings. The minimum atomic E-state index is 0.263. The van der Waals surface area contributed by atoms with E-state index in [1.807, 2.05) is 11.8 Å². The third-order valence-corrected chi connectivity index (χ3v) is 3.58. The van der Waals surface area contributed by atoms with E-state index in [4.69, 9.17) is 0 Å². The first kappa shape index (κ1) is 12.6. The quantitative estimate of drug-likeness (QED) is 0.781. The van der Waals surface area contributed by atoms with E-state index in [1.165, 1.54) is 11.1 Å². The van der Waals surface area contributed by atoms with Gasteiger partial charge in [0, 0.05) is 24.0 Å². The number of fused-ring (bicyclic) bond motifs is 1. The molecule has 2 nitrogen and oxygen atoms in total. The zero-order chi connectivity index (χ0) is 12.3. The lowest BCUT2D eigenvalue weighted by Crippen LogP contribution is -2.28. The molecule has 3 heteroatoms. The Kier molecular flexibility index (Phi) is 4.21. The van der Waals surface area contributed by atoms with Crippen molar-refractivity contribution in [1.29, 1.82) is 0 Å². The molecule has 0 aliphatic carbocycles. The fourth-order valence-corrected chi connectivity index (χ4v) is 2.79. The Morgan fingerprint density at radius 2 is 2.29 bits per heavy atom. The van der Waals surface area contributed by atoms with Gasteiger partial charge in [0.1, 0.15) is 0 Å². The van der Waals surface area contributed by atoms with Gasteiger partial charge in [-0.3, -0.25) is 4.79 Å². The van der Waals surface area contributed by atoms with Gasteiger partial charge in [0.25, 0.3) is 0 Å². The summed E-state index contributed by atoms with van der Waals surface area (Å²) >= 11 is 3.46. The molecule has 0 radical (unpaired) electrons. The smallest absolute Gasteiger partial charge is 0.226 e. The van der Waals surface area contributed by atoms with Crippen LogP contribution in [0.5, 0.6) is 0 Å². The second kappa shape index (κ2) is 5.67. The van der Waals surface area contributed by atoms with Gasteiger partial charge in [0.15, 0.2) is 0 Å². The van der Waals surface area contributed by atoms with Crippen LogP contribution < -0.4 is 4.90 Å². The summed E-state index contributed by atoms with van der Waals surface area (Å²) in [6.07, 6.45) is 3.63. The van der Waals surface area contributed by atoms with Crippen molar-refractivity contribution in [3.8, 4) is 0 Å². The van der Waals surface area contributed by atoms with Crippen LogP contribution in [0.3, 0.4) is 0 Å². The van der Waals surface area contributed by atoms with Gasteiger partial charge in [-0.2, -0.15) is 0 Å². The molecule has 1 aromatic carbocycles. The van der Waals surface area contributed by atoms with Crippen molar-refractivity contribution in [2.75, 3.05) is 16.8 Å². The Morgan fingerprint density at radius 1 is 1.47 bits per heavy atom. The normalized spacial score (nSPS) is 13.9. The average molecular weight is 296 g/mol. The summed E-state index contributed by atoms with van der Waals surface area (Å²) in [7, 11) is 0. The molecule has 1 aliphatic heterocycles. The third kappa shape index (κ3) is 2.71. The number of halogens is 1. The van der Waals surface area contributed by atoms with Crippen LogP contribution in [0.15, 0.2) is 18.2 Å². The zero-order valence-electron chi connectivity index (χ0n) is 10.2. The van der Waals surface area contributed by atoms with Crippen LogP contribution in [0.2, 0.25) is 0 Å². The third-order valence-electron chi connectivity index (χ3n) is 3.19. The Morgan fingerprint density at radius 3 is 3.00 bits per heavy atom. The van der Waals surface area contributed by atoms with Crippen LogP contribution in [0, 0.1) is 0 Å². The average Bonchev–Trinajstić information content (AvgIpc) is 2.73. The fourth-order valence-electron chi connectivity index (χ4n) is 2.33. The van der Waals surface area contributed by atoms with E-state index in [1.54, 1.807) is 0 Å². The van der Waals surface area contributed by atoms with Gasteiger partial charge in [-0.1, -0.05) is 35.0 Å². The van der Waals surface area contributed by atoms with Crippen molar-refractivity contribution < 1.29 is 4.79 Å². The summed E-state index contributed by atoms with van der Waals surface area (Å²) in [4.78, 5) is 13.9. The van der Waals surface area contributed by atoms with Gasteiger partial charge in [0.2, 0.25) is 5.91 Å². The van der Waals surface area contributed by atoms with E-state index in [2.05, 4.69) is 34.1 Å². The standard InChI is InChI=1S/C14H18BrNO/c1-2-3-14(17)16-9-7-12-10-11(6-8-15)4-5-13(12)16/h4-5,10H,2-3,6-9H2,1H3. The number of anilines is 1. The maximum Gasteiger partial charge on any atom is 0.226 e. The Bertz CT molecular complexity index is 417. The van der Waals surface area contributed by atoms with Crippen molar-refractivity contribution in [3.63, 3.8) is 0 Å². The van der Waals surface area contributed by atoms with Gasteiger partial charge in [-0.15, -0.1) is 0 Å². The summed E-state index contributed by atoms with van der Waals surface area (Å²) in [6, 6.07) is 6.49. The molecule has 1 aromatic rings. The van der Waals surface area contributed by atoms with Crippen molar-refractivity contribution in [2.45, 2.75) is 32.6 Å². The molecule has 17 heavy (non-hydrogen) atoms. The lowest BCUT2D eigenvalue weighted by molar-refractivity contribution is -0.118. The second-order valence-electron chi connectivity index (χ2n) is 4.45. The largest absolute Gasteiger partial charge is 0.312 e. The predicted octanol–water partition coefficient (Wildman–Crippen LogP) is 3.31. The van der Waals surface area contributed by atoms with Crippen molar-refractivity contribution in [1.82, 2.24) is 0 Å². The molecule has 1 aliphatic rings. The summed E-state index contributed by atoms with van der Waals surface area (Å²) in [6.45, 7) is 2.90. The fraction of sp³-hybridized carbons (Fsp3) is 0.500. The molecule has 1 heterocycles. The Labute approximate surface area is 111 Å². The first-order valence-electron chi connectivity index (χ1n) is 6.24. The highest BCUT2D eigenvalue weighted by atomic mass is 79.9. The minimum absolute atomic E-state index is 0.263. The first-order valence-corrected chi connectivity index (χ1v) is 7.36. The monoisotopic (exact) mass is 295 g/mol. The van der Waals surface area contributed by atoms with E-state index in [0.29, 0.717) is 6.42 Å². The number of nitrogens with zero attached hydrogens (tertiary/aromatic N) is 1. The van der Waals surface area contributed by atoms with Gasteiger partial charge < -0.3 is 4.90 Å². The van der Waals surface area contributed by atoms with Crippen LogP contribution in [-0.2, 0) is 17.6 Å². The van der Waals surface area contributed by atoms with E-state index in [0.717, 1.165) is 36.8 Å². The summed E-state index contributed by atoms with van der Waals surface area (Å²) in [5.41, 5.74) is 3.81. The van der Waals surface area contributed by atoms with Crippen LogP contribution in [0.1, 0.15) is 30.9 Å². The number of hydrogen-bond donors (Lipinski definition) is 0. The number of carbonyl (C=O) groups is 1. The number of hydrogen-bond acceptors (Lipinski definition) is 1. The first-order chi connectivity index (χ1) is 8.26. The van der Waals surface area contributed by atoms with Crippen LogP contribution >= 0.6 is 15.9 Å². The van der Waals surface area contributed by atoms with Gasteiger partial charge in [0.05, 0.1) is 0 Å². The van der Waals surface area contributed by atoms with Crippen LogP contribution in [-0.4, -0.2) is 17.8 Å². The van der Waals surface area contributed by atoms with Crippen LogP contribution in [0.25, 0.3) is 0 Å². The molecule has 2 rings (SSSR count). The molecule has 0 spiro atoms. The highest BCUT2D eigenvalue weighted by Gasteiger charge is 2.23. The molecule has 0 saturated heterocycles. The van der Waals surface area contributed by atoms with Gasteiger partial charge in [-0.25, -0.2) is 0 Å². The second-order valence-corrected chi connectivity index (χ2v) is 5.24. The summed E-state index contributed by atoms with van der Waals surface area (Å²) < 4.78 is 0. The summed E-state index contributed by atoms with van der Waals surface area (Å²) in [5, 5.41) is 0.990. The van der Waals surface area contributed by atoms with Crippen molar-refractivity contribution in [3.05, 3.63) is 29.3 Å². The molecule has 0 unspecified atom stereocenters. The number of benzene rings is 1.